The molecule has 0 amide bonds. The van der Waals surface area contributed by atoms with E-state index in [1.54, 1.807) is 38.1 Å². The van der Waals surface area contributed by atoms with E-state index in [-0.39, 0.29) is 36.8 Å². The number of rotatable bonds is 14. The fourth-order valence-electron chi connectivity index (χ4n) is 3.44. The standard InChI is InChI=1S/C12H26O5.2C10H12O2/c1-9(14)6-15-11(3)8-17-12(4)7-16-10(2)5-13;2*1-7(2)8-5-3-4-6-9(8)10(11)12/h9-14H,5-8H2,1-4H3;2*3-7H,1-2H3,(H,11,12). The molecule has 4 unspecified atom stereocenters. The summed E-state index contributed by atoms with van der Waals surface area (Å²) in [6.45, 7) is 16.5. The highest BCUT2D eigenvalue weighted by Gasteiger charge is 2.12. The molecule has 232 valence electrons. The molecular weight excluding hydrogens is 528 g/mol. The topological polar surface area (TPSA) is 143 Å². The third-order valence-electron chi connectivity index (χ3n) is 5.74. The van der Waals surface area contributed by atoms with Gasteiger partial charge in [0, 0.05) is 0 Å². The summed E-state index contributed by atoms with van der Waals surface area (Å²) in [7, 11) is 0. The van der Waals surface area contributed by atoms with Gasteiger partial charge in [-0.05, 0) is 62.8 Å². The van der Waals surface area contributed by atoms with Gasteiger partial charge in [-0.25, -0.2) is 9.59 Å². The lowest BCUT2D eigenvalue weighted by molar-refractivity contribution is -0.0825. The van der Waals surface area contributed by atoms with E-state index >= 15 is 0 Å². The van der Waals surface area contributed by atoms with Crippen LogP contribution in [0.1, 0.15) is 99.1 Å². The number of carbonyl (C=O) groups is 2. The van der Waals surface area contributed by atoms with E-state index in [1.165, 1.54) is 0 Å². The minimum atomic E-state index is -0.848. The molecule has 41 heavy (non-hydrogen) atoms. The second kappa shape index (κ2) is 21.0. The summed E-state index contributed by atoms with van der Waals surface area (Å²) in [5.74, 6) is -1.17. The van der Waals surface area contributed by atoms with E-state index in [9.17, 15) is 9.59 Å². The summed E-state index contributed by atoms with van der Waals surface area (Å²) in [6, 6.07) is 14.2. The Balaban J connectivity index is 0.000000598. The normalized spacial score (nSPS) is 13.8. The molecule has 0 spiro atoms. The Morgan fingerprint density at radius 3 is 1.24 bits per heavy atom. The summed E-state index contributed by atoms with van der Waals surface area (Å²) in [6.07, 6.45) is -0.711. The van der Waals surface area contributed by atoms with Crippen LogP contribution in [-0.2, 0) is 14.2 Å². The largest absolute Gasteiger partial charge is 0.478 e. The molecule has 0 aliphatic rings. The van der Waals surface area contributed by atoms with Crippen LogP contribution in [0.5, 0.6) is 0 Å². The van der Waals surface area contributed by atoms with Crippen molar-refractivity contribution in [2.24, 2.45) is 0 Å². The minimum Gasteiger partial charge on any atom is -0.478 e. The Morgan fingerprint density at radius 2 is 0.951 bits per heavy atom. The lowest BCUT2D eigenvalue weighted by Gasteiger charge is -2.19. The van der Waals surface area contributed by atoms with Gasteiger partial charge in [0.25, 0.3) is 0 Å². The van der Waals surface area contributed by atoms with Crippen molar-refractivity contribution in [3.05, 3.63) is 70.8 Å². The van der Waals surface area contributed by atoms with Crippen LogP contribution in [-0.4, -0.2) is 83.2 Å². The molecule has 2 rings (SSSR count). The van der Waals surface area contributed by atoms with E-state index in [0.29, 0.717) is 30.9 Å². The molecule has 0 bridgehead atoms. The zero-order valence-corrected chi connectivity index (χ0v) is 25.7. The smallest absolute Gasteiger partial charge is 0.335 e. The first-order valence-corrected chi connectivity index (χ1v) is 14.0. The third-order valence-corrected chi connectivity index (χ3v) is 5.74. The molecule has 4 atom stereocenters. The van der Waals surface area contributed by atoms with Crippen LogP contribution in [0.4, 0.5) is 0 Å². The van der Waals surface area contributed by atoms with Crippen LogP contribution in [0.3, 0.4) is 0 Å². The van der Waals surface area contributed by atoms with Gasteiger partial charge in [0.1, 0.15) is 0 Å². The van der Waals surface area contributed by atoms with Crippen LogP contribution in [0, 0.1) is 0 Å². The van der Waals surface area contributed by atoms with Gasteiger partial charge >= 0.3 is 11.9 Å². The highest BCUT2D eigenvalue weighted by atomic mass is 16.6. The molecule has 9 nitrogen and oxygen atoms in total. The van der Waals surface area contributed by atoms with E-state index in [1.807, 2.05) is 65.8 Å². The van der Waals surface area contributed by atoms with Crippen molar-refractivity contribution < 1.29 is 44.2 Å². The number of carboxylic acids is 2. The summed E-state index contributed by atoms with van der Waals surface area (Å²) in [5, 5.41) is 35.4. The SMILES string of the molecule is CC(C)c1ccccc1C(=O)O.CC(C)c1ccccc1C(=O)O.CC(O)COC(C)COC(C)COC(C)CO. The van der Waals surface area contributed by atoms with Crippen LogP contribution in [0.25, 0.3) is 0 Å². The maximum absolute atomic E-state index is 10.7. The maximum atomic E-state index is 10.7. The number of hydrogen-bond donors (Lipinski definition) is 4. The van der Waals surface area contributed by atoms with Crippen molar-refractivity contribution in [1.29, 1.82) is 0 Å². The molecule has 0 saturated heterocycles. The molecular formula is C32H50O9. The second-order valence-corrected chi connectivity index (χ2v) is 10.6. The Morgan fingerprint density at radius 1 is 0.610 bits per heavy atom. The van der Waals surface area contributed by atoms with Gasteiger partial charge in [-0.1, -0.05) is 64.1 Å². The van der Waals surface area contributed by atoms with E-state index in [4.69, 9.17) is 34.6 Å². The average Bonchev–Trinajstić information content (AvgIpc) is 2.94. The number of carboxylic acid groups (broad SMARTS) is 2. The molecule has 0 aliphatic carbocycles. The third kappa shape index (κ3) is 16.9. The number of aromatic carboxylic acids is 2. The van der Waals surface area contributed by atoms with Gasteiger partial charge in [-0.2, -0.15) is 0 Å². The molecule has 0 aromatic heterocycles. The van der Waals surface area contributed by atoms with E-state index in [0.717, 1.165) is 11.1 Å². The predicted octanol–water partition coefficient (Wildman–Crippen LogP) is 5.59. The van der Waals surface area contributed by atoms with Crippen molar-refractivity contribution >= 4 is 11.9 Å². The highest BCUT2D eigenvalue weighted by molar-refractivity contribution is 5.90. The van der Waals surface area contributed by atoms with Crippen molar-refractivity contribution in [2.75, 3.05) is 26.4 Å². The van der Waals surface area contributed by atoms with Gasteiger partial charge < -0.3 is 34.6 Å². The summed E-state index contributed by atoms with van der Waals surface area (Å²) >= 11 is 0. The first-order valence-electron chi connectivity index (χ1n) is 14.0. The van der Waals surface area contributed by atoms with Crippen molar-refractivity contribution in [2.45, 2.75) is 91.6 Å². The average molecular weight is 579 g/mol. The van der Waals surface area contributed by atoms with Crippen LogP contribution in [0.2, 0.25) is 0 Å². The van der Waals surface area contributed by atoms with Crippen LogP contribution in [0.15, 0.2) is 48.5 Å². The molecule has 0 heterocycles. The quantitative estimate of drug-likeness (QED) is 0.225. The van der Waals surface area contributed by atoms with Gasteiger partial charge in [0.2, 0.25) is 0 Å². The highest BCUT2D eigenvalue weighted by Crippen LogP contribution is 2.19. The van der Waals surface area contributed by atoms with E-state index in [2.05, 4.69) is 0 Å². The second-order valence-electron chi connectivity index (χ2n) is 10.6. The van der Waals surface area contributed by atoms with Gasteiger partial charge in [-0.3, -0.25) is 0 Å². The number of ether oxygens (including phenoxy) is 3. The Labute approximate surface area is 245 Å². The molecule has 4 N–H and O–H groups in total. The van der Waals surface area contributed by atoms with Gasteiger partial charge in [0.15, 0.2) is 0 Å². The van der Waals surface area contributed by atoms with Gasteiger partial charge in [-0.15, -0.1) is 0 Å². The summed E-state index contributed by atoms with van der Waals surface area (Å²) < 4.78 is 16.2. The maximum Gasteiger partial charge on any atom is 0.335 e. The fraction of sp³-hybridized carbons (Fsp3) is 0.562. The summed E-state index contributed by atoms with van der Waals surface area (Å²) in [5.41, 5.74) is 2.61. The monoisotopic (exact) mass is 578 g/mol. The molecule has 2 aromatic carbocycles. The zero-order chi connectivity index (χ0) is 31.5. The number of hydrogen-bond acceptors (Lipinski definition) is 7. The predicted molar refractivity (Wildman–Crippen MR) is 160 cm³/mol. The number of benzene rings is 2. The zero-order valence-electron chi connectivity index (χ0n) is 25.7. The first-order chi connectivity index (χ1) is 19.2. The molecule has 0 saturated carbocycles. The Hall–Kier alpha value is -2.82. The summed E-state index contributed by atoms with van der Waals surface area (Å²) in [4.78, 5) is 21.5. The fourth-order valence-corrected chi connectivity index (χ4v) is 3.44. The molecule has 0 fully saturated rings. The lowest BCUT2D eigenvalue weighted by atomic mass is 9.97. The lowest BCUT2D eigenvalue weighted by Crippen LogP contribution is -2.27. The Kier molecular flexibility index (Phi) is 19.5. The molecule has 9 heteroatoms. The Bertz CT molecular complexity index is 943. The van der Waals surface area contributed by atoms with Crippen molar-refractivity contribution in [3.8, 4) is 0 Å². The number of aliphatic hydroxyl groups is 2. The van der Waals surface area contributed by atoms with Crippen LogP contribution < -0.4 is 0 Å². The molecule has 2 aromatic rings. The van der Waals surface area contributed by atoms with Crippen LogP contribution >= 0.6 is 0 Å². The molecule has 0 radical (unpaired) electrons. The van der Waals surface area contributed by atoms with Crippen molar-refractivity contribution in [1.82, 2.24) is 0 Å². The first kappa shape index (κ1) is 38.2. The van der Waals surface area contributed by atoms with E-state index < -0.39 is 18.0 Å². The minimum absolute atomic E-state index is 0.0145. The van der Waals surface area contributed by atoms with Gasteiger partial charge in [0.05, 0.1) is 62.0 Å². The number of aliphatic hydroxyl groups excluding tert-OH is 2. The molecule has 0 aliphatic heterocycles. The van der Waals surface area contributed by atoms with Crippen molar-refractivity contribution in [3.63, 3.8) is 0 Å².